The second-order valence-corrected chi connectivity index (χ2v) is 8.59. The van der Waals surface area contributed by atoms with Crippen LogP contribution in [-0.4, -0.2) is 26.1 Å². The van der Waals surface area contributed by atoms with Gasteiger partial charge in [0.25, 0.3) is 0 Å². The van der Waals surface area contributed by atoms with Crippen LogP contribution in [0.5, 0.6) is 5.75 Å². The van der Waals surface area contributed by atoms with Crippen molar-refractivity contribution in [2.75, 3.05) is 13.2 Å². The molecule has 1 aromatic heterocycles. The highest BCUT2D eigenvalue weighted by atomic mass is 35.5. The third-order valence-electron chi connectivity index (χ3n) is 3.75. The number of nitrogens with zero attached hydrogens (tertiary/aromatic N) is 1. The zero-order valence-electron chi connectivity index (χ0n) is 13.9. The maximum absolute atomic E-state index is 12.4. The molecular weight excluding hydrogens is 396 g/mol. The van der Waals surface area contributed by atoms with Gasteiger partial charge in [-0.2, -0.15) is 0 Å². The van der Waals surface area contributed by atoms with Crippen LogP contribution in [0.1, 0.15) is 6.92 Å². The Morgan fingerprint density at radius 2 is 2.00 bits per heavy atom. The zero-order chi connectivity index (χ0) is 18.7. The number of sulfonamides is 1. The summed E-state index contributed by atoms with van der Waals surface area (Å²) < 4.78 is 35.1. The van der Waals surface area contributed by atoms with Gasteiger partial charge in [-0.3, -0.25) is 9.36 Å². The Balaban J connectivity index is 1.69. The summed E-state index contributed by atoms with van der Waals surface area (Å²) in [6, 6.07) is 11.7. The molecule has 0 saturated carbocycles. The predicted molar refractivity (Wildman–Crippen MR) is 104 cm³/mol. The van der Waals surface area contributed by atoms with E-state index < -0.39 is 10.0 Å². The van der Waals surface area contributed by atoms with Crippen molar-refractivity contribution in [1.82, 2.24) is 9.29 Å². The van der Waals surface area contributed by atoms with E-state index in [-0.39, 0.29) is 22.9 Å². The van der Waals surface area contributed by atoms with Gasteiger partial charge in [0.15, 0.2) is 0 Å². The minimum Gasteiger partial charge on any atom is -0.491 e. The number of rotatable bonds is 7. The molecule has 0 fully saturated rings. The van der Waals surface area contributed by atoms with Gasteiger partial charge in [-0.25, -0.2) is 13.1 Å². The quantitative estimate of drug-likeness (QED) is 0.605. The first-order valence-electron chi connectivity index (χ1n) is 7.93. The van der Waals surface area contributed by atoms with E-state index >= 15 is 0 Å². The molecule has 1 heterocycles. The normalized spacial score (nSPS) is 11.8. The summed E-state index contributed by atoms with van der Waals surface area (Å²) in [5.41, 5.74) is 0.739. The highest BCUT2D eigenvalue weighted by Gasteiger charge is 2.16. The lowest BCUT2D eigenvalue weighted by Gasteiger charge is -2.09. The molecule has 0 aliphatic carbocycles. The first-order valence-corrected chi connectivity index (χ1v) is 10.6. The number of nitrogens with one attached hydrogen (secondary N) is 1. The number of ether oxygens (including phenoxy) is 1. The lowest BCUT2D eigenvalue weighted by molar-refractivity contribution is 0.323. The standard InChI is InChI=1S/C17H17ClN2O4S2/c1-2-20-14-8-7-12(11-16(14)25-17(20)21)26(22,23)19-9-10-24-15-6-4-3-5-13(15)18/h3-8,11,19H,2,9-10H2,1H3. The Hall–Kier alpha value is -1.87. The Morgan fingerprint density at radius 3 is 2.73 bits per heavy atom. The van der Waals surface area contributed by atoms with Crippen LogP contribution in [-0.2, 0) is 16.6 Å². The lowest BCUT2D eigenvalue weighted by atomic mass is 10.3. The molecule has 2 aromatic carbocycles. The van der Waals surface area contributed by atoms with Crippen molar-refractivity contribution >= 4 is 43.2 Å². The topological polar surface area (TPSA) is 77.4 Å². The second-order valence-electron chi connectivity index (χ2n) is 5.42. The van der Waals surface area contributed by atoms with Gasteiger partial charge in [-0.15, -0.1) is 0 Å². The molecule has 0 aliphatic heterocycles. The van der Waals surface area contributed by atoms with Crippen LogP contribution in [0.25, 0.3) is 10.2 Å². The van der Waals surface area contributed by atoms with Gasteiger partial charge in [0.2, 0.25) is 10.0 Å². The Labute approximate surface area is 160 Å². The summed E-state index contributed by atoms with van der Waals surface area (Å²) in [4.78, 5) is 11.9. The van der Waals surface area contributed by atoms with Crippen molar-refractivity contribution < 1.29 is 13.2 Å². The molecule has 0 amide bonds. The molecule has 0 bridgehead atoms. The van der Waals surface area contributed by atoms with Gasteiger partial charge < -0.3 is 4.74 Å². The first-order chi connectivity index (χ1) is 12.4. The predicted octanol–water partition coefficient (Wildman–Crippen LogP) is 3.09. The maximum Gasteiger partial charge on any atom is 0.308 e. The fraction of sp³-hybridized carbons (Fsp3) is 0.235. The number of halogens is 1. The Kier molecular flexibility index (Phi) is 5.67. The number of benzene rings is 2. The van der Waals surface area contributed by atoms with E-state index in [0.717, 1.165) is 16.9 Å². The largest absolute Gasteiger partial charge is 0.491 e. The second kappa shape index (κ2) is 7.79. The van der Waals surface area contributed by atoms with Gasteiger partial charge in [0.1, 0.15) is 12.4 Å². The summed E-state index contributed by atoms with van der Waals surface area (Å²) in [5, 5.41) is 0.469. The lowest BCUT2D eigenvalue weighted by Crippen LogP contribution is -2.28. The van der Waals surface area contributed by atoms with Crippen molar-refractivity contribution in [2.45, 2.75) is 18.4 Å². The van der Waals surface area contributed by atoms with E-state index in [9.17, 15) is 13.2 Å². The average Bonchev–Trinajstić information content (AvgIpc) is 2.94. The average molecular weight is 413 g/mol. The first kappa shape index (κ1) is 18.9. The van der Waals surface area contributed by atoms with Gasteiger partial charge in [0, 0.05) is 13.1 Å². The number of aromatic nitrogens is 1. The molecule has 3 aromatic rings. The van der Waals surface area contributed by atoms with Crippen LogP contribution >= 0.6 is 22.9 Å². The van der Waals surface area contributed by atoms with Crippen molar-refractivity contribution in [3.8, 4) is 5.75 Å². The number of para-hydroxylation sites is 1. The number of thiazole rings is 1. The van der Waals surface area contributed by atoms with Crippen molar-refractivity contribution in [2.24, 2.45) is 0 Å². The van der Waals surface area contributed by atoms with Crippen molar-refractivity contribution in [3.05, 3.63) is 57.2 Å². The maximum atomic E-state index is 12.4. The van der Waals surface area contributed by atoms with Crippen LogP contribution in [0.3, 0.4) is 0 Å². The summed E-state index contributed by atoms with van der Waals surface area (Å²) in [6.07, 6.45) is 0. The number of aryl methyl sites for hydroxylation is 1. The highest BCUT2D eigenvalue weighted by molar-refractivity contribution is 7.89. The van der Waals surface area contributed by atoms with Crippen LogP contribution in [0.4, 0.5) is 0 Å². The molecule has 26 heavy (non-hydrogen) atoms. The molecule has 138 valence electrons. The molecule has 0 saturated heterocycles. The van der Waals surface area contributed by atoms with E-state index in [4.69, 9.17) is 16.3 Å². The fourth-order valence-corrected chi connectivity index (χ4v) is 4.79. The highest BCUT2D eigenvalue weighted by Crippen LogP contribution is 2.23. The summed E-state index contributed by atoms with van der Waals surface area (Å²) >= 11 is 7.02. The fourth-order valence-electron chi connectivity index (χ4n) is 2.50. The van der Waals surface area contributed by atoms with Gasteiger partial charge >= 0.3 is 4.87 Å². The third-order valence-corrected chi connectivity index (χ3v) is 6.47. The molecule has 9 heteroatoms. The van der Waals surface area contributed by atoms with Crippen LogP contribution < -0.4 is 14.3 Å². The molecule has 0 radical (unpaired) electrons. The Morgan fingerprint density at radius 1 is 1.23 bits per heavy atom. The van der Waals surface area contributed by atoms with Crippen molar-refractivity contribution in [3.63, 3.8) is 0 Å². The molecule has 6 nitrogen and oxygen atoms in total. The smallest absolute Gasteiger partial charge is 0.308 e. The monoisotopic (exact) mass is 412 g/mol. The van der Waals surface area contributed by atoms with Gasteiger partial charge in [-0.05, 0) is 37.3 Å². The van der Waals surface area contributed by atoms with E-state index in [1.807, 2.05) is 6.92 Å². The minimum absolute atomic E-state index is 0.0950. The molecule has 0 aliphatic rings. The summed E-state index contributed by atoms with van der Waals surface area (Å²) in [7, 11) is -3.69. The molecule has 1 N–H and O–H groups in total. The summed E-state index contributed by atoms with van der Waals surface area (Å²) in [6.45, 7) is 2.66. The van der Waals surface area contributed by atoms with E-state index in [0.29, 0.717) is 22.0 Å². The third kappa shape index (κ3) is 3.93. The minimum atomic E-state index is -3.69. The van der Waals surface area contributed by atoms with E-state index in [1.165, 1.54) is 12.1 Å². The molecule has 0 atom stereocenters. The number of fused-ring (bicyclic) bond motifs is 1. The van der Waals surface area contributed by atoms with Crippen LogP contribution in [0, 0.1) is 0 Å². The van der Waals surface area contributed by atoms with Crippen LogP contribution in [0.15, 0.2) is 52.2 Å². The summed E-state index contributed by atoms with van der Waals surface area (Å²) in [5.74, 6) is 0.500. The number of hydrogen-bond acceptors (Lipinski definition) is 5. The van der Waals surface area contributed by atoms with E-state index in [1.54, 1.807) is 34.9 Å². The molecule has 0 spiro atoms. The van der Waals surface area contributed by atoms with Crippen molar-refractivity contribution in [1.29, 1.82) is 0 Å². The number of hydrogen-bond donors (Lipinski definition) is 1. The Bertz CT molecular complexity index is 1090. The SMILES string of the molecule is CCn1c(=O)sc2cc(S(=O)(=O)NCCOc3ccccc3Cl)ccc21. The molecular formula is C17H17ClN2O4S2. The zero-order valence-corrected chi connectivity index (χ0v) is 16.3. The molecule has 0 unspecified atom stereocenters. The van der Waals surface area contributed by atoms with E-state index in [2.05, 4.69) is 4.72 Å². The molecule has 3 rings (SSSR count). The van der Waals surface area contributed by atoms with Gasteiger partial charge in [0.05, 0.1) is 20.1 Å². The van der Waals surface area contributed by atoms with Crippen LogP contribution in [0.2, 0.25) is 5.02 Å². The van der Waals surface area contributed by atoms with Gasteiger partial charge in [-0.1, -0.05) is 35.1 Å².